The van der Waals surface area contributed by atoms with Crippen molar-refractivity contribution >= 4 is 9.84 Å². The Balaban J connectivity index is 1.53. The SMILES string of the molecule is O=S(=O)(CC1CN(C(Cc2ccc(F)cc2F)c2ccc(F)cc2F)C1)c1ccc(F)cc1. The van der Waals surface area contributed by atoms with Crippen molar-refractivity contribution in [2.75, 3.05) is 18.8 Å². The minimum Gasteiger partial charge on any atom is -0.295 e. The molecule has 0 aliphatic carbocycles. The van der Waals surface area contributed by atoms with E-state index in [1.807, 2.05) is 0 Å². The van der Waals surface area contributed by atoms with Gasteiger partial charge in [-0.1, -0.05) is 12.1 Å². The smallest absolute Gasteiger partial charge is 0.178 e. The molecule has 4 rings (SSSR count). The molecule has 0 bridgehead atoms. The van der Waals surface area contributed by atoms with Crippen LogP contribution in [-0.2, 0) is 16.3 Å². The van der Waals surface area contributed by atoms with Crippen molar-refractivity contribution < 1.29 is 30.4 Å². The maximum Gasteiger partial charge on any atom is 0.178 e. The highest BCUT2D eigenvalue weighted by atomic mass is 32.2. The molecule has 33 heavy (non-hydrogen) atoms. The summed E-state index contributed by atoms with van der Waals surface area (Å²) >= 11 is 0. The summed E-state index contributed by atoms with van der Waals surface area (Å²) in [6.07, 6.45) is -0.00784. The first kappa shape index (κ1) is 23.4. The molecular formula is C24H20F5NO2S. The topological polar surface area (TPSA) is 37.4 Å². The van der Waals surface area contributed by atoms with E-state index in [2.05, 4.69) is 0 Å². The largest absolute Gasteiger partial charge is 0.295 e. The monoisotopic (exact) mass is 481 g/mol. The molecule has 1 saturated heterocycles. The highest BCUT2D eigenvalue weighted by Crippen LogP contribution is 2.35. The summed E-state index contributed by atoms with van der Waals surface area (Å²) in [5.41, 5.74) is 0.299. The Hall–Kier alpha value is -2.78. The van der Waals surface area contributed by atoms with Crippen molar-refractivity contribution in [3.05, 3.63) is 101 Å². The third kappa shape index (κ3) is 5.25. The zero-order valence-electron chi connectivity index (χ0n) is 17.3. The Morgan fingerprint density at radius 2 is 1.36 bits per heavy atom. The lowest BCUT2D eigenvalue weighted by Crippen LogP contribution is -2.51. The van der Waals surface area contributed by atoms with E-state index in [0.717, 1.165) is 36.4 Å². The Labute approximate surface area is 188 Å². The predicted molar refractivity (Wildman–Crippen MR) is 113 cm³/mol. The Bertz CT molecular complexity index is 1260. The van der Waals surface area contributed by atoms with Crippen LogP contribution in [0.3, 0.4) is 0 Å². The van der Waals surface area contributed by atoms with Gasteiger partial charge in [-0.2, -0.15) is 0 Å². The van der Waals surface area contributed by atoms with Gasteiger partial charge in [-0.05, 0) is 54.3 Å². The Morgan fingerprint density at radius 3 is 1.97 bits per heavy atom. The summed E-state index contributed by atoms with van der Waals surface area (Å²) in [4.78, 5) is 1.79. The van der Waals surface area contributed by atoms with Crippen molar-refractivity contribution in [3.63, 3.8) is 0 Å². The average molecular weight is 481 g/mol. The molecule has 0 saturated carbocycles. The Morgan fingerprint density at radius 1 is 0.788 bits per heavy atom. The maximum absolute atomic E-state index is 14.6. The Kier molecular flexibility index (Phi) is 6.54. The van der Waals surface area contributed by atoms with Gasteiger partial charge in [0.1, 0.15) is 29.1 Å². The molecule has 1 aliphatic heterocycles. The van der Waals surface area contributed by atoms with Gasteiger partial charge < -0.3 is 0 Å². The minimum absolute atomic E-state index is 0.00784. The predicted octanol–water partition coefficient (Wildman–Crippen LogP) is 5.07. The second-order valence-corrected chi connectivity index (χ2v) is 10.2. The van der Waals surface area contributed by atoms with Crippen LogP contribution in [0, 0.1) is 35.0 Å². The van der Waals surface area contributed by atoms with Gasteiger partial charge in [0.05, 0.1) is 10.6 Å². The fourth-order valence-corrected chi connectivity index (χ4v) is 5.70. The second kappa shape index (κ2) is 9.23. The first-order valence-electron chi connectivity index (χ1n) is 10.2. The summed E-state index contributed by atoms with van der Waals surface area (Å²) in [6.45, 7) is 0.565. The van der Waals surface area contributed by atoms with Crippen LogP contribution < -0.4 is 0 Å². The number of likely N-dealkylation sites (tertiary alicyclic amines) is 1. The first-order chi connectivity index (χ1) is 15.6. The van der Waals surface area contributed by atoms with Gasteiger partial charge in [0, 0.05) is 36.8 Å². The number of benzene rings is 3. The molecule has 9 heteroatoms. The summed E-state index contributed by atoms with van der Waals surface area (Å²) in [6, 6.07) is 10.1. The van der Waals surface area contributed by atoms with Crippen LogP contribution in [0.5, 0.6) is 0 Å². The van der Waals surface area contributed by atoms with Crippen molar-refractivity contribution in [2.24, 2.45) is 5.92 Å². The standard InChI is InChI=1S/C24H20F5NO2S/c25-17-3-6-20(7-4-17)33(31,32)14-15-12-30(13-15)24(21-8-5-19(27)11-23(21)29)9-16-1-2-18(26)10-22(16)28/h1-8,10-11,15,24H,9,12-14H2. The van der Waals surface area contributed by atoms with Gasteiger partial charge in [-0.25, -0.2) is 30.4 Å². The van der Waals surface area contributed by atoms with E-state index < -0.39 is 45.0 Å². The molecule has 174 valence electrons. The quantitative estimate of drug-likeness (QED) is 0.349. The zero-order valence-corrected chi connectivity index (χ0v) is 18.1. The van der Waals surface area contributed by atoms with Crippen LogP contribution in [-0.4, -0.2) is 32.2 Å². The molecule has 1 fully saturated rings. The number of nitrogens with zero attached hydrogens (tertiary/aromatic N) is 1. The molecule has 0 N–H and O–H groups in total. The van der Waals surface area contributed by atoms with Crippen LogP contribution in [0.4, 0.5) is 22.0 Å². The molecule has 0 aromatic heterocycles. The third-order valence-electron chi connectivity index (χ3n) is 5.80. The maximum atomic E-state index is 14.6. The van der Waals surface area contributed by atoms with E-state index in [1.54, 1.807) is 4.90 Å². The number of rotatable bonds is 7. The number of halogens is 5. The van der Waals surface area contributed by atoms with Gasteiger partial charge in [0.2, 0.25) is 0 Å². The van der Waals surface area contributed by atoms with Crippen LogP contribution >= 0.6 is 0 Å². The van der Waals surface area contributed by atoms with Gasteiger partial charge in [0.15, 0.2) is 9.84 Å². The molecule has 0 radical (unpaired) electrons. The normalized spacial score (nSPS) is 15.9. The van der Waals surface area contributed by atoms with E-state index in [0.29, 0.717) is 0 Å². The molecule has 1 heterocycles. The highest BCUT2D eigenvalue weighted by molar-refractivity contribution is 7.91. The lowest BCUT2D eigenvalue weighted by Gasteiger charge is -2.44. The first-order valence-corrected chi connectivity index (χ1v) is 11.9. The van der Waals surface area contributed by atoms with Crippen LogP contribution in [0.15, 0.2) is 65.6 Å². The fourth-order valence-electron chi connectivity index (χ4n) is 4.12. The zero-order chi connectivity index (χ0) is 23.8. The molecule has 1 atom stereocenters. The van der Waals surface area contributed by atoms with Crippen LogP contribution in [0.2, 0.25) is 0 Å². The van der Waals surface area contributed by atoms with Gasteiger partial charge >= 0.3 is 0 Å². The average Bonchev–Trinajstić information content (AvgIpc) is 2.71. The fraction of sp³-hybridized carbons (Fsp3) is 0.250. The molecule has 3 nitrogen and oxygen atoms in total. The van der Waals surface area contributed by atoms with E-state index in [1.165, 1.54) is 24.3 Å². The molecule has 3 aromatic carbocycles. The van der Waals surface area contributed by atoms with E-state index in [9.17, 15) is 30.4 Å². The molecule has 0 amide bonds. The van der Waals surface area contributed by atoms with E-state index in [-0.39, 0.29) is 47.2 Å². The lowest BCUT2D eigenvalue weighted by atomic mass is 9.91. The van der Waals surface area contributed by atoms with Crippen molar-refractivity contribution in [3.8, 4) is 0 Å². The lowest BCUT2D eigenvalue weighted by molar-refractivity contribution is 0.0610. The summed E-state index contributed by atoms with van der Waals surface area (Å²) in [5.74, 6) is -4.07. The van der Waals surface area contributed by atoms with Gasteiger partial charge in [-0.15, -0.1) is 0 Å². The summed E-state index contributed by atoms with van der Waals surface area (Å²) < 4.78 is 93.9. The van der Waals surface area contributed by atoms with Crippen LogP contribution in [0.25, 0.3) is 0 Å². The second-order valence-electron chi connectivity index (χ2n) is 8.18. The minimum atomic E-state index is -3.65. The molecule has 1 aliphatic rings. The molecule has 1 unspecified atom stereocenters. The van der Waals surface area contributed by atoms with Crippen molar-refractivity contribution in [1.82, 2.24) is 4.90 Å². The molecule has 0 spiro atoms. The summed E-state index contributed by atoms with van der Waals surface area (Å²) in [7, 11) is -3.65. The molecular weight excluding hydrogens is 461 g/mol. The van der Waals surface area contributed by atoms with Crippen LogP contribution in [0.1, 0.15) is 17.2 Å². The van der Waals surface area contributed by atoms with E-state index >= 15 is 0 Å². The number of hydrogen-bond donors (Lipinski definition) is 0. The summed E-state index contributed by atoms with van der Waals surface area (Å²) in [5, 5.41) is 0. The number of sulfone groups is 1. The van der Waals surface area contributed by atoms with Crippen molar-refractivity contribution in [1.29, 1.82) is 0 Å². The third-order valence-corrected chi connectivity index (χ3v) is 7.70. The molecule has 3 aromatic rings. The van der Waals surface area contributed by atoms with E-state index in [4.69, 9.17) is 0 Å². The van der Waals surface area contributed by atoms with Crippen molar-refractivity contribution in [2.45, 2.75) is 17.4 Å². The number of hydrogen-bond acceptors (Lipinski definition) is 3. The van der Waals surface area contributed by atoms with Gasteiger partial charge in [-0.3, -0.25) is 4.90 Å². The highest BCUT2D eigenvalue weighted by Gasteiger charge is 2.37. The van der Waals surface area contributed by atoms with Gasteiger partial charge in [0.25, 0.3) is 0 Å².